The highest BCUT2D eigenvalue weighted by molar-refractivity contribution is 6.31. The third-order valence-electron chi connectivity index (χ3n) is 6.64. The number of hydrogen-bond donors (Lipinski definition) is 5. The Morgan fingerprint density at radius 1 is 1.12 bits per heavy atom. The largest absolute Gasteiger partial charge is 0.480 e. The van der Waals surface area contributed by atoms with Crippen molar-refractivity contribution in [3.8, 4) is 0 Å². The van der Waals surface area contributed by atoms with Crippen LogP contribution in [0.3, 0.4) is 0 Å². The van der Waals surface area contributed by atoms with Gasteiger partial charge in [-0.1, -0.05) is 36.6 Å². The lowest BCUT2D eigenvalue weighted by Crippen LogP contribution is -2.46. The Morgan fingerprint density at radius 2 is 1.86 bits per heavy atom. The molecular weight excluding hydrogens is 576 g/mol. The van der Waals surface area contributed by atoms with Crippen molar-refractivity contribution in [1.29, 1.82) is 0 Å². The van der Waals surface area contributed by atoms with E-state index in [2.05, 4.69) is 15.6 Å². The molecule has 1 unspecified atom stereocenters. The number of aliphatic carboxylic acids is 1. The third-order valence-corrected chi connectivity index (χ3v) is 7.06. The number of nitrogens with zero attached hydrogens (tertiary/aromatic N) is 2. The zero-order valence-electron chi connectivity index (χ0n) is 22.7. The zero-order valence-corrected chi connectivity index (χ0v) is 23.5. The standard InChI is InChI=1S/C28H32ClF2N5O6/c1-36(27(40)34-14-17-5-4-7-21(31)24(17)29)20(6-2-3-8-22(37)25(32)26(38)39)15-42-28(41)35-23-12-18-11-19(30)10-9-16(18)13-33-23/h4-5,7,9-13,20,22,25,37H,2-3,6,8,14-15,32H2,1H3,(H,34,40)(H,38,39)(H,33,35,41)/t20-,22?,25-/m0/s1. The fourth-order valence-corrected chi connectivity index (χ4v) is 4.30. The van der Waals surface area contributed by atoms with E-state index in [4.69, 9.17) is 27.2 Å². The zero-order chi connectivity index (χ0) is 30.8. The normalized spacial score (nSPS) is 13.2. The second kappa shape index (κ2) is 15.2. The van der Waals surface area contributed by atoms with Crippen molar-refractivity contribution >= 4 is 46.3 Å². The van der Waals surface area contributed by atoms with Crippen LogP contribution in [0.1, 0.15) is 31.2 Å². The molecule has 14 heteroatoms. The molecule has 0 saturated carbocycles. The number of unbranched alkanes of at least 4 members (excludes halogenated alkanes) is 1. The van der Waals surface area contributed by atoms with Gasteiger partial charge in [0.25, 0.3) is 0 Å². The van der Waals surface area contributed by atoms with Crippen LogP contribution in [0.4, 0.5) is 24.2 Å². The second-order valence-corrected chi connectivity index (χ2v) is 10.0. The highest BCUT2D eigenvalue weighted by Crippen LogP contribution is 2.20. The monoisotopic (exact) mass is 607 g/mol. The number of likely N-dealkylation sites (N-methyl/N-ethyl adjacent to an activating group) is 1. The summed E-state index contributed by atoms with van der Waals surface area (Å²) in [5, 5.41) is 25.1. The summed E-state index contributed by atoms with van der Waals surface area (Å²) in [6.45, 7) is -0.281. The average Bonchev–Trinajstić information content (AvgIpc) is 2.96. The van der Waals surface area contributed by atoms with Crippen LogP contribution in [0.2, 0.25) is 5.02 Å². The van der Waals surface area contributed by atoms with Crippen molar-refractivity contribution in [2.75, 3.05) is 19.0 Å². The number of ether oxygens (including phenoxy) is 1. The second-order valence-electron chi connectivity index (χ2n) is 9.64. The molecule has 0 spiro atoms. The van der Waals surface area contributed by atoms with E-state index in [0.29, 0.717) is 35.6 Å². The maximum Gasteiger partial charge on any atom is 0.412 e. The fourth-order valence-electron chi connectivity index (χ4n) is 4.11. The number of carboxylic acid groups (broad SMARTS) is 1. The maximum atomic E-state index is 13.8. The number of carbonyl (C=O) groups excluding carboxylic acids is 2. The molecule has 3 aromatic rings. The van der Waals surface area contributed by atoms with Crippen LogP contribution in [0.5, 0.6) is 0 Å². The summed E-state index contributed by atoms with van der Waals surface area (Å²) in [5.74, 6) is -2.24. The van der Waals surface area contributed by atoms with E-state index in [9.17, 15) is 28.3 Å². The number of fused-ring (bicyclic) bond motifs is 1. The van der Waals surface area contributed by atoms with Crippen molar-refractivity contribution in [1.82, 2.24) is 15.2 Å². The summed E-state index contributed by atoms with van der Waals surface area (Å²) < 4.78 is 32.7. The van der Waals surface area contributed by atoms with Crippen molar-refractivity contribution < 1.29 is 38.1 Å². The number of urea groups is 1. The molecule has 1 aromatic heterocycles. The van der Waals surface area contributed by atoms with Gasteiger partial charge in [-0.2, -0.15) is 0 Å². The van der Waals surface area contributed by atoms with Gasteiger partial charge in [-0.25, -0.2) is 23.4 Å². The van der Waals surface area contributed by atoms with Crippen molar-refractivity contribution in [3.63, 3.8) is 0 Å². The number of aliphatic hydroxyl groups is 1. The van der Waals surface area contributed by atoms with E-state index in [1.165, 1.54) is 48.5 Å². The van der Waals surface area contributed by atoms with E-state index in [1.807, 2.05) is 0 Å². The molecule has 11 nitrogen and oxygen atoms in total. The van der Waals surface area contributed by atoms with E-state index >= 15 is 0 Å². The van der Waals surface area contributed by atoms with Crippen LogP contribution in [-0.2, 0) is 16.1 Å². The van der Waals surface area contributed by atoms with E-state index in [1.54, 1.807) is 12.1 Å². The first kappa shape index (κ1) is 32.4. The number of benzene rings is 2. The van der Waals surface area contributed by atoms with Crippen LogP contribution in [0.15, 0.2) is 48.7 Å². The molecule has 3 rings (SSSR count). The molecule has 0 saturated heterocycles. The topological polar surface area (TPSA) is 167 Å². The maximum absolute atomic E-state index is 13.8. The summed E-state index contributed by atoms with van der Waals surface area (Å²) in [7, 11) is 1.49. The molecule has 0 aliphatic carbocycles. The summed E-state index contributed by atoms with van der Waals surface area (Å²) in [6, 6.07) is 7.27. The van der Waals surface area contributed by atoms with Gasteiger partial charge < -0.3 is 30.9 Å². The summed E-state index contributed by atoms with van der Waals surface area (Å²) >= 11 is 5.97. The van der Waals surface area contributed by atoms with Gasteiger partial charge in [-0.15, -0.1) is 0 Å². The Labute approximate surface area is 245 Å². The minimum Gasteiger partial charge on any atom is -0.480 e. The number of aromatic nitrogens is 1. The number of hydrogen-bond acceptors (Lipinski definition) is 7. The van der Waals surface area contributed by atoms with Crippen LogP contribution in [0, 0.1) is 11.6 Å². The molecule has 2 aromatic carbocycles. The summed E-state index contributed by atoms with van der Waals surface area (Å²) in [5.41, 5.74) is 5.81. The molecule has 0 aliphatic heterocycles. The number of halogens is 3. The number of nitrogens with two attached hydrogens (primary N) is 1. The Hall–Kier alpha value is -4.07. The lowest BCUT2D eigenvalue weighted by Gasteiger charge is -2.28. The lowest BCUT2D eigenvalue weighted by atomic mass is 10.0. The molecule has 42 heavy (non-hydrogen) atoms. The average molecular weight is 608 g/mol. The summed E-state index contributed by atoms with van der Waals surface area (Å²) in [4.78, 5) is 41.8. The molecule has 226 valence electrons. The predicted octanol–water partition coefficient (Wildman–Crippen LogP) is 4.26. The quantitative estimate of drug-likeness (QED) is 0.180. The SMILES string of the molecule is CN(C(=O)NCc1cccc(F)c1Cl)[C@@H](CCCCC(O)[C@H](N)C(=O)O)COC(=O)Nc1cc2cc(F)ccc2cn1. The fraction of sp³-hybridized carbons (Fsp3) is 0.357. The molecule has 3 atom stereocenters. The highest BCUT2D eigenvalue weighted by atomic mass is 35.5. The number of amides is 3. The van der Waals surface area contributed by atoms with Crippen molar-refractivity contribution in [3.05, 3.63) is 70.9 Å². The molecule has 1 heterocycles. The third kappa shape index (κ3) is 9.23. The van der Waals surface area contributed by atoms with Gasteiger partial charge >= 0.3 is 18.1 Å². The Kier molecular flexibility index (Phi) is 11.8. The van der Waals surface area contributed by atoms with Crippen molar-refractivity contribution in [2.45, 2.75) is 50.4 Å². The molecule has 0 aliphatic rings. The number of aliphatic hydroxyl groups excluding tert-OH is 1. The molecule has 0 fully saturated rings. The van der Waals surface area contributed by atoms with Crippen LogP contribution in [-0.4, -0.2) is 70.0 Å². The lowest BCUT2D eigenvalue weighted by molar-refractivity contribution is -0.141. The minimum absolute atomic E-state index is 0.0542. The van der Waals surface area contributed by atoms with Crippen LogP contribution >= 0.6 is 11.6 Å². The number of rotatable bonds is 13. The minimum atomic E-state index is -1.42. The number of carbonyl (C=O) groups is 3. The molecule has 0 bridgehead atoms. The van der Waals surface area contributed by atoms with Crippen LogP contribution < -0.4 is 16.4 Å². The van der Waals surface area contributed by atoms with Gasteiger partial charge in [0.05, 0.1) is 17.2 Å². The van der Waals surface area contributed by atoms with Gasteiger partial charge in [-0.05, 0) is 54.1 Å². The van der Waals surface area contributed by atoms with Gasteiger partial charge in [0.1, 0.15) is 30.1 Å². The first-order valence-corrected chi connectivity index (χ1v) is 13.4. The predicted molar refractivity (Wildman–Crippen MR) is 152 cm³/mol. The van der Waals surface area contributed by atoms with Gasteiger partial charge in [0.15, 0.2) is 0 Å². The molecule has 0 radical (unpaired) electrons. The Balaban J connectivity index is 1.61. The Morgan fingerprint density at radius 3 is 2.60 bits per heavy atom. The van der Waals surface area contributed by atoms with E-state index < -0.39 is 47.9 Å². The summed E-state index contributed by atoms with van der Waals surface area (Å²) in [6.07, 6.45) is 0.626. The molecule has 6 N–H and O–H groups in total. The highest BCUT2D eigenvalue weighted by Gasteiger charge is 2.24. The number of nitrogens with one attached hydrogen (secondary N) is 2. The smallest absolute Gasteiger partial charge is 0.412 e. The number of pyridine rings is 1. The molecular formula is C28H32ClF2N5O6. The number of carboxylic acids is 1. The first-order valence-electron chi connectivity index (χ1n) is 13.1. The molecule has 3 amide bonds. The van der Waals surface area contributed by atoms with Crippen LogP contribution in [0.25, 0.3) is 10.8 Å². The number of anilines is 1. The first-order chi connectivity index (χ1) is 20.0. The van der Waals surface area contributed by atoms with E-state index in [0.717, 1.165) is 0 Å². The Bertz CT molecular complexity index is 1410. The van der Waals surface area contributed by atoms with Crippen molar-refractivity contribution in [2.24, 2.45) is 5.73 Å². The van der Waals surface area contributed by atoms with Gasteiger partial charge in [-0.3, -0.25) is 10.1 Å². The van der Waals surface area contributed by atoms with Gasteiger partial charge in [0, 0.05) is 25.2 Å². The van der Waals surface area contributed by atoms with Gasteiger partial charge in [0.2, 0.25) is 0 Å². The van der Waals surface area contributed by atoms with E-state index in [-0.39, 0.29) is 30.4 Å².